The fraction of sp³-hybridized carbons (Fsp3) is 0.667. The molecular formula is C24H31N5O4. The standard InChI is InChI=1S/C24H31N5O4/c1-13-5-18-20(26-11-13)29(22(31)27(18)2)17-3-4-28(12-17)23(32)33-19-15-6-14-7-16(19)10-24(8-14,9-15)21(25)30/h5,11,14-17,19H,3-4,6-10,12H2,1-2H3,(H2,25,30)/t14?,15?,16?,17-,19-,24-/m1/s1. The van der Waals surface area contributed by atoms with Crippen molar-refractivity contribution in [1.82, 2.24) is 19.0 Å². The van der Waals surface area contributed by atoms with Gasteiger partial charge in [0.15, 0.2) is 5.65 Å². The first-order valence-electron chi connectivity index (χ1n) is 12.0. The minimum atomic E-state index is -0.390. The predicted molar refractivity (Wildman–Crippen MR) is 120 cm³/mol. The topological polar surface area (TPSA) is 112 Å². The summed E-state index contributed by atoms with van der Waals surface area (Å²) in [5.41, 5.74) is 7.74. The molecule has 1 aliphatic heterocycles. The monoisotopic (exact) mass is 453 g/mol. The lowest BCUT2D eigenvalue weighted by atomic mass is 9.48. The normalized spacial score (nSPS) is 34.8. The van der Waals surface area contributed by atoms with E-state index in [-0.39, 0.29) is 47.1 Å². The number of fused-ring (bicyclic) bond motifs is 1. The maximum atomic E-state index is 13.1. The SMILES string of the molecule is Cc1cnc2c(c1)n(C)c(=O)n2[C@@H]1CCN(C(=O)O[C@H]2C3CC4CC2C[C@](C(N)=O)(C4)C3)C1. The van der Waals surface area contributed by atoms with Crippen molar-refractivity contribution < 1.29 is 14.3 Å². The highest BCUT2D eigenvalue weighted by Crippen LogP contribution is 2.60. The van der Waals surface area contributed by atoms with Gasteiger partial charge in [0.05, 0.1) is 17.0 Å². The maximum Gasteiger partial charge on any atom is 0.410 e. The van der Waals surface area contributed by atoms with Crippen LogP contribution in [-0.4, -0.2) is 50.2 Å². The molecular weight excluding hydrogens is 422 g/mol. The van der Waals surface area contributed by atoms with Crippen LogP contribution in [0.2, 0.25) is 0 Å². The average molecular weight is 454 g/mol. The summed E-state index contributed by atoms with van der Waals surface area (Å²) >= 11 is 0. The third-order valence-electron chi connectivity index (χ3n) is 8.80. The number of imidazole rings is 1. The van der Waals surface area contributed by atoms with Crippen molar-refractivity contribution in [3.8, 4) is 0 Å². The quantitative estimate of drug-likeness (QED) is 0.765. The van der Waals surface area contributed by atoms with Crippen molar-refractivity contribution in [2.45, 2.75) is 57.6 Å². The number of hydrogen-bond donors (Lipinski definition) is 1. The number of carbonyl (C=O) groups is 2. The van der Waals surface area contributed by atoms with E-state index in [2.05, 4.69) is 4.98 Å². The van der Waals surface area contributed by atoms with Gasteiger partial charge in [0.25, 0.3) is 0 Å². The van der Waals surface area contributed by atoms with Crippen LogP contribution in [0.25, 0.3) is 11.2 Å². The Morgan fingerprint density at radius 3 is 2.64 bits per heavy atom. The number of carbonyl (C=O) groups excluding carboxylic acids is 2. The first kappa shape index (κ1) is 20.7. The molecule has 9 heteroatoms. The molecule has 4 aliphatic carbocycles. The number of rotatable bonds is 3. The Kier molecular flexibility index (Phi) is 4.45. The van der Waals surface area contributed by atoms with Crippen LogP contribution in [0.4, 0.5) is 4.79 Å². The van der Waals surface area contributed by atoms with Crippen LogP contribution < -0.4 is 11.4 Å². The number of pyridine rings is 1. The molecule has 0 radical (unpaired) electrons. The van der Waals surface area contributed by atoms with Gasteiger partial charge in [0.1, 0.15) is 6.10 Å². The molecule has 5 aliphatic rings. The Balaban J connectivity index is 1.18. The third kappa shape index (κ3) is 3.04. The van der Waals surface area contributed by atoms with Gasteiger partial charge in [-0.05, 0) is 74.8 Å². The summed E-state index contributed by atoms with van der Waals surface area (Å²) in [6.07, 6.45) is 6.44. The van der Waals surface area contributed by atoms with Crippen LogP contribution >= 0.6 is 0 Å². The molecule has 2 aromatic rings. The molecule has 4 bridgehead atoms. The Morgan fingerprint density at radius 1 is 1.21 bits per heavy atom. The lowest BCUT2D eigenvalue weighted by molar-refractivity contribution is -0.161. The highest BCUT2D eigenvalue weighted by atomic mass is 16.6. The van der Waals surface area contributed by atoms with Gasteiger partial charge < -0.3 is 15.4 Å². The van der Waals surface area contributed by atoms with Crippen LogP contribution in [0, 0.1) is 30.1 Å². The second-order valence-electron chi connectivity index (χ2n) is 10.9. The van der Waals surface area contributed by atoms with Gasteiger partial charge in [-0.2, -0.15) is 0 Å². The van der Waals surface area contributed by atoms with E-state index in [1.54, 1.807) is 27.3 Å². The number of aryl methyl sites for hydroxylation is 2. The second kappa shape index (κ2) is 7.08. The van der Waals surface area contributed by atoms with Gasteiger partial charge in [-0.3, -0.25) is 13.9 Å². The molecule has 4 saturated carbocycles. The smallest absolute Gasteiger partial charge is 0.410 e. The minimum Gasteiger partial charge on any atom is -0.446 e. The van der Waals surface area contributed by atoms with E-state index in [1.807, 2.05) is 13.0 Å². The van der Waals surface area contributed by atoms with E-state index in [0.29, 0.717) is 31.1 Å². The molecule has 1 saturated heterocycles. The van der Waals surface area contributed by atoms with Gasteiger partial charge in [-0.1, -0.05) is 0 Å². The fourth-order valence-electron chi connectivity index (χ4n) is 7.44. The molecule has 0 spiro atoms. The highest BCUT2D eigenvalue weighted by molar-refractivity contribution is 5.81. The Bertz CT molecular complexity index is 1200. The maximum absolute atomic E-state index is 13.1. The van der Waals surface area contributed by atoms with Crippen molar-refractivity contribution in [1.29, 1.82) is 0 Å². The first-order valence-corrected chi connectivity index (χ1v) is 12.0. The van der Waals surface area contributed by atoms with Crippen molar-refractivity contribution in [2.24, 2.45) is 36.0 Å². The lowest BCUT2D eigenvalue weighted by Crippen LogP contribution is -2.59. The van der Waals surface area contributed by atoms with E-state index in [4.69, 9.17) is 10.5 Å². The van der Waals surface area contributed by atoms with E-state index in [0.717, 1.165) is 43.2 Å². The number of amides is 2. The van der Waals surface area contributed by atoms with Crippen LogP contribution in [0.1, 0.15) is 50.1 Å². The molecule has 0 aromatic carbocycles. The van der Waals surface area contributed by atoms with Gasteiger partial charge in [-0.15, -0.1) is 0 Å². The molecule has 3 heterocycles. The number of ether oxygens (including phenoxy) is 1. The van der Waals surface area contributed by atoms with E-state index in [9.17, 15) is 14.4 Å². The van der Waals surface area contributed by atoms with Gasteiger partial charge in [0.2, 0.25) is 5.91 Å². The van der Waals surface area contributed by atoms with Crippen LogP contribution in [0.15, 0.2) is 17.1 Å². The van der Waals surface area contributed by atoms with Gasteiger partial charge in [0, 0.05) is 26.3 Å². The van der Waals surface area contributed by atoms with Crippen molar-refractivity contribution in [3.63, 3.8) is 0 Å². The summed E-state index contributed by atoms with van der Waals surface area (Å²) in [4.78, 5) is 44.5. The summed E-state index contributed by atoms with van der Waals surface area (Å²) < 4.78 is 9.43. The molecule has 5 fully saturated rings. The summed E-state index contributed by atoms with van der Waals surface area (Å²) in [6, 6.07) is 1.84. The van der Waals surface area contributed by atoms with Crippen molar-refractivity contribution in [3.05, 3.63) is 28.3 Å². The summed E-state index contributed by atoms with van der Waals surface area (Å²) in [6.45, 7) is 2.94. The molecule has 2 N–H and O–H groups in total. The molecule has 2 amide bonds. The van der Waals surface area contributed by atoms with E-state index < -0.39 is 0 Å². The predicted octanol–water partition coefficient (Wildman–Crippen LogP) is 2.11. The Labute approximate surface area is 191 Å². The lowest BCUT2D eigenvalue weighted by Gasteiger charge is -2.58. The fourth-order valence-corrected chi connectivity index (χ4v) is 7.44. The number of primary amides is 1. The van der Waals surface area contributed by atoms with Crippen molar-refractivity contribution in [2.75, 3.05) is 13.1 Å². The molecule has 33 heavy (non-hydrogen) atoms. The van der Waals surface area contributed by atoms with Crippen LogP contribution in [-0.2, 0) is 16.6 Å². The van der Waals surface area contributed by atoms with E-state index >= 15 is 0 Å². The zero-order valence-corrected chi connectivity index (χ0v) is 19.2. The minimum absolute atomic E-state index is 0.110. The number of nitrogens with zero attached hydrogens (tertiary/aromatic N) is 4. The molecule has 7 rings (SSSR count). The molecule has 176 valence electrons. The first-order chi connectivity index (χ1) is 15.8. The third-order valence-corrected chi connectivity index (χ3v) is 8.80. The largest absolute Gasteiger partial charge is 0.446 e. The molecule has 3 atom stereocenters. The van der Waals surface area contributed by atoms with Gasteiger partial charge in [-0.25, -0.2) is 14.6 Å². The number of hydrogen-bond acceptors (Lipinski definition) is 5. The summed E-state index contributed by atoms with van der Waals surface area (Å²) in [5.74, 6) is 0.785. The molecule has 2 unspecified atom stereocenters. The number of nitrogens with two attached hydrogens (primary N) is 1. The summed E-state index contributed by atoms with van der Waals surface area (Å²) in [5, 5.41) is 0. The molecule has 9 nitrogen and oxygen atoms in total. The van der Waals surface area contributed by atoms with Crippen LogP contribution in [0.5, 0.6) is 0 Å². The second-order valence-corrected chi connectivity index (χ2v) is 10.9. The zero-order valence-electron chi connectivity index (χ0n) is 19.2. The number of likely N-dealkylation sites (tertiary alicyclic amines) is 1. The van der Waals surface area contributed by atoms with Gasteiger partial charge >= 0.3 is 11.8 Å². The Morgan fingerprint density at radius 2 is 1.94 bits per heavy atom. The van der Waals surface area contributed by atoms with Crippen molar-refractivity contribution >= 4 is 23.2 Å². The number of aromatic nitrogens is 3. The average Bonchev–Trinajstić information content (AvgIpc) is 3.34. The summed E-state index contributed by atoms with van der Waals surface area (Å²) in [7, 11) is 1.76. The van der Waals surface area contributed by atoms with E-state index in [1.165, 1.54) is 0 Å². The Hall–Kier alpha value is -2.84. The molecule has 2 aromatic heterocycles. The zero-order chi connectivity index (χ0) is 23.1. The highest BCUT2D eigenvalue weighted by Gasteiger charge is 2.59. The van der Waals surface area contributed by atoms with Crippen LogP contribution in [0.3, 0.4) is 0 Å².